The van der Waals surface area contributed by atoms with E-state index in [1.165, 1.54) is 11.0 Å². The Morgan fingerprint density at radius 3 is 2.31 bits per heavy atom. The number of hydrogen-bond acceptors (Lipinski definition) is 5. The summed E-state index contributed by atoms with van der Waals surface area (Å²) in [5, 5.41) is 11.4. The fourth-order valence-electron chi connectivity index (χ4n) is 2.47. The number of hydrogen-bond donors (Lipinski definition) is 4. The molecular formula is C22H25N3O4. The van der Waals surface area contributed by atoms with Crippen LogP contribution in [-0.2, 0) is 4.79 Å². The first-order valence-corrected chi connectivity index (χ1v) is 9.03. The Hall–Kier alpha value is -3.34. The number of hydroxylamine groups is 1. The van der Waals surface area contributed by atoms with Gasteiger partial charge in [0.15, 0.2) is 0 Å². The highest BCUT2D eigenvalue weighted by Gasteiger charge is 2.33. The number of rotatable bonds is 6. The summed E-state index contributed by atoms with van der Waals surface area (Å²) >= 11 is 0. The lowest BCUT2D eigenvalue weighted by atomic mass is 9.95. The van der Waals surface area contributed by atoms with Crippen LogP contribution in [0.25, 0.3) is 0 Å². The molecule has 0 radical (unpaired) electrons. The third-order valence-corrected chi connectivity index (χ3v) is 4.10. The van der Waals surface area contributed by atoms with Crippen molar-refractivity contribution in [2.24, 2.45) is 5.73 Å². The summed E-state index contributed by atoms with van der Waals surface area (Å²) in [6.07, 6.45) is 0. The molecular weight excluding hydrogens is 370 g/mol. The first-order valence-electron chi connectivity index (χ1n) is 9.03. The molecule has 7 heteroatoms. The molecule has 152 valence electrons. The van der Waals surface area contributed by atoms with Crippen molar-refractivity contribution in [1.29, 1.82) is 0 Å². The summed E-state index contributed by atoms with van der Waals surface area (Å²) in [6, 6.07) is 13.2. The predicted octanol–water partition coefficient (Wildman–Crippen LogP) is 1.77. The molecule has 0 aromatic heterocycles. The van der Waals surface area contributed by atoms with Crippen LogP contribution in [0, 0.1) is 18.8 Å². The van der Waals surface area contributed by atoms with Gasteiger partial charge in [-0.3, -0.25) is 14.8 Å². The Labute approximate surface area is 170 Å². The van der Waals surface area contributed by atoms with E-state index in [0.717, 1.165) is 5.56 Å². The molecule has 0 unspecified atom stereocenters. The number of nitrogens with one attached hydrogen (secondary N) is 2. The van der Waals surface area contributed by atoms with Crippen LogP contribution < -0.4 is 21.3 Å². The molecule has 1 atom stereocenters. The quantitative estimate of drug-likeness (QED) is 0.338. The third-order valence-electron chi connectivity index (χ3n) is 4.10. The minimum atomic E-state index is -1.10. The third kappa shape index (κ3) is 6.64. The maximum atomic E-state index is 12.4. The van der Waals surface area contributed by atoms with Gasteiger partial charge in [-0.1, -0.05) is 29.5 Å². The Morgan fingerprint density at radius 2 is 1.76 bits per heavy atom. The largest absolute Gasteiger partial charge is 0.481 e. The number of aryl methyl sites for hydroxylation is 1. The van der Waals surface area contributed by atoms with E-state index in [0.29, 0.717) is 11.3 Å². The van der Waals surface area contributed by atoms with Crippen LogP contribution in [0.4, 0.5) is 0 Å². The lowest BCUT2D eigenvalue weighted by molar-refractivity contribution is -0.132. The second kappa shape index (κ2) is 9.73. The van der Waals surface area contributed by atoms with Gasteiger partial charge in [0.05, 0.1) is 0 Å². The molecule has 0 bridgehead atoms. The minimum Gasteiger partial charge on any atom is -0.481 e. The summed E-state index contributed by atoms with van der Waals surface area (Å²) in [7, 11) is 0. The summed E-state index contributed by atoms with van der Waals surface area (Å²) < 4.78 is 5.55. The number of ether oxygens (including phenoxy) is 1. The van der Waals surface area contributed by atoms with Crippen molar-refractivity contribution in [3.8, 4) is 17.6 Å². The molecule has 0 saturated carbocycles. The van der Waals surface area contributed by atoms with Crippen LogP contribution >= 0.6 is 0 Å². The zero-order valence-corrected chi connectivity index (χ0v) is 16.7. The van der Waals surface area contributed by atoms with E-state index >= 15 is 0 Å². The number of benzene rings is 2. The highest BCUT2D eigenvalue weighted by Crippen LogP contribution is 2.13. The van der Waals surface area contributed by atoms with Crippen molar-refractivity contribution in [2.45, 2.75) is 32.4 Å². The van der Waals surface area contributed by atoms with E-state index in [4.69, 9.17) is 15.7 Å². The van der Waals surface area contributed by atoms with Crippen LogP contribution in [0.2, 0.25) is 0 Å². The molecule has 2 rings (SSSR count). The molecule has 7 nitrogen and oxygen atoms in total. The molecule has 29 heavy (non-hydrogen) atoms. The number of nitrogens with two attached hydrogens (primary N) is 1. The number of carbonyl (C=O) groups excluding carboxylic acids is 2. The van der Waals surface area contributed by atoms with E-state index in [1.54, 1.807) is 38.1 Å². The smallest absolute Gasteiger partial charge is 0.267 e. The molecule has 2 amide bonds. The monoisotopic (exact) mass is 395 g/mol. The normalized spacial score (nSPS) is 11.6. The SMILES string of the molecule is Cc1ccc(C#CCOc2ccc(C(=O)N[C@H](C(=O)NO)C(C)(C)N)cc2)cc1. The van der Waals surface area contributed by atoms with Gasteiger partial charge in [0.25, 0.3) is 11.8 Å². The van der Waals surface area contributed by atoms with Gasteiger partial charge in [0, 0.05) is 16.7 Å². The van der Waals surface area contributed by atoms with Gasteiger partial charge in [0.1, 0.15) is 18.4 Å². The van der Waals surface area contributed by atoms with Gasteiger partial charge >= 0.3 is 0 Å². The lowest BCUT2D eigenvalue weighted by Gasteiger charge is -2.29. The summed E-state index contributed by atoms with van der Waals surface area (Å²) in [6.45, 7) is 5.37. The Kier molecular flexibility index (Phi) is 7.37. The van der Waals surface area contributed by atoms with Crippen molar-refractivity contribution in [1.82, 2.24) is 10.8 Å². The predicted molar refractivity (Wildman–Crippen MR) is 109 cm³/mol. The maximum Gasteiger partial charge on any atom is 0.267 e. The molecule has 0 aliphatic carbocycles. The van der Waals surface area contributed by atoms with E-state index in [-0.39, 0.29) is 6.61 Å². The van der Waals surface area contributed by atoms with Gasteiger partial charge in [0.2, 0.25) is 0 Å². The molecule has 2 aromatic rings. The van der Waals surface area contributed by atoms with E-state index in [2.05, 4.69) is 17.2 Å². The average Bonchev–Trinajstić information content (AvgIpc) is 2.69. The highest BCUT2D eigenvalue weighted by atomic mass is 16.5. The minimum absolute atomic E-state index is 0.208. The van der Waals surface area contributed by atoms with Crippen molar-refractivity contribution in [3.63, 3.8) is 0 Å². The Morgan fingerprint density at radius 1 is 1.14 bits per heavy atom. The Bertz CT molecular complexity index is 904. The van der Waals surface area contributed by atoms with Gasteiger partial charge < -0.3 is 15.8 Å². The van der Waals surface area contributed by atoms with Crippen molar-refractivity contribution < 1.29 is 19.5 Å². The summed E-state index contributed by atoms with van der Waals surface area (Å²) in [5.41, 5.74) is 8.76. The maximum absolute atomic E-state index is 12.4. The first kappa shape index (κ1) is 22.0. The fraction of sp³-hybridized carbons (Fsp3) is 0.273. The topological polar surface area (TPSA) is 114 Å². The molecule has 5 N–H and O–H groups in total. The molecule has 0 saturated heterocycles. The first-order chi connectivity index (χ1) is 13.7. The van der Waals surface area contributed by atoms with Crippen LogP contribution in [0.1, 0.15) is 35.3 Å². The van der Waals surface area contributed by atoms with Crippen molar-refractivity contribution in [2.75, 3.05) is 6.61 Å². The molecule has 0 aliphatic heterocycles. The lowest BCUT2D eigenvalue weighted by Crippen LogP contribution is -2.61. The zero-order chi connectivity index (χ0) is 21.4. The van der Waals surface area contributed by atoms with Crippen LogP contribution in [0.3, 0.4) is 0 Å². The van der Waals surface area contributed by atoms with Crippen molar-refractivity contribution >= 4 is 11.8 Å². The molecule has 0 spiro atoms. The summed E-state index contributed by atoms with van der Waals surface area (Å²) in [4.78, 5) is 24.1. The van der Waals surface area contributed by atoms with E-state index in [1.807, 2.05) is 31.2 Å². The zero-order valence-electron chi connectivity index (χ0n) is 16.7. The standard InChI is InChI=1S/C22H25N3O4/c1-15-6-8-16(9-7-15)5-4-14-29-18-12-10-17(11-13-18)20(26)24-19(21(27)25-28)22(2,3)23/h6-13,19,28H,14,23H2,1-3H3,(H,24,26)(H,25,27)/t19-/m1/s1. The van der Waals surface area contributed by atoms with E-state index < -0.39 is 23.4 Å². The second-order valence-electron chi connectivity index (χ2n) is 7.18. The second-order valence-corrected chi connectivity index (χ2v) is 7.18. The molecule has 0 aliphatic rings. The van der Waals surface area contributed by atoms with Gasteiger partial charge in [-0.05, 0) is 57.2 Å². The fourth-order valence-corrected chi connectivity index (χ4v) is 2.47. The van der Waals surface area contributed by atoms with Crippen LogP contribution in [0.15, 0.2) is 48.5 Å². The highest BCUT2D eigenvalue weighted by molar-refractivity contribution is 5.97. The molecule has 2 aromatic carbocycles. The number of carbonyl (C=O) groups is 2. The number of amides is 2. The van der Waals surface area contributed by atoms with Crippen LogP contribution in [-0.4, -0.2) is 35.2 Å². The Balaban J connectivity index is 1.94. The van der Waals surface area contributed by atoms with Gasteiger partial charge in [-0.15, -0.1) is 0 Å². The average molecular weight is 395 g/mol. The van der Waals surface area contributed by atoms with Gasteiger partial charge in [-0.2, -0.15) is 0 Å². The van der Waals surface area contributed by atoms with Crippen LogP contribution in [0.5, 0.6) is 5.75 Å². The van der Waals surface area contributed by atoms with Crippen molar-refractivity contribution in [3.05, 3.63) is 65.2 Å². The van der Waals surface area contributed by atoms with E-state index in [9.17, 15) is 9.59 Å². The molecule has 0 heterocycles. The van der Waals surface area contributed by atoms with Gasteiger partial charge in [-0.25, -0.2) is 5.48 Å². The summed E-state index contributed by atoms with van der Waals surface area (Å²) in [5.74, 6) is 5.22. The molecule has 0 fully saturated rings.